The number of amides is 1. The van der Waals surface area contributed by atoms with E-state index in [0.717, 1.165) is 0 Å². The molecule has 0 atom stereocenters. The summed E-state index contributed by atoms with van der Waals surface area (Å²) in [7, 11) is 6.07. The monoisotopic (exact) mass is 427 g/mol. The second-order valence-electron chi connectivity index (χ2n) is 6.70. The molecule has 3 rings (SSSR count). The molecule has 0 radical (unpaired) electrons. The van der Waals surface area contributed by atoms with Gasteiger partial charge in [-0.2, -0.15) is 0 Å². The Bertz CT molecular complexity index is 1150. The van der Waals surface area contributed by atoms with E-state index >= 15 is 0 Å². The summed E-state index contributed by atoms with van der Waals surface area (Å²) in [6.45, 7) is 2.24. The van der Waals surface area contributed by atoms with Crippen molar-refractivity contribution in [3.05, 3.63) is 52.1 Å². The van der Waals surface area contributed by atoms with Gasteiger partial charge in [0.15, 0.2) is 11.5 Å². The van der Waals surface area contributed by atoms with E-state index in [1.54, 1.807) is 37.3 Å². The number of nitrogens with zero attached hydrogens (tertiary/aromatic N) is 2. The van der Waals surface area contributed by atoms with Gasteiger partial charge in [-0.25, -0.2) is 4.98 Å². The third-order valence-corrected chi connectivity index (χ3v) is 4.88. The smallest absolute Gasteiger partial charge is 0.261 e. The standard InChI is InChI=1S/C22H25N3O6/c1-13-24-18-12-20(31-5)19(30-4)11-17(18)22(27)25(13)7-6-23-21(26)14-8-15(28-2)10-16(9-14)29-3/h8-12H,6-7H2,1-5H3,(H,23,26). The number of benzene rings is 2. The lowest BCUT2D eigenvalue weighted by molar-refractivity contribution is 0.0951. The number of nitrogens with one attached hydrogen (secondary N) is 1. The molecule has 0 spiro atoms. The lowest BCUT2D eigenvalue weighted by Gasteiger charge is -2.14. The molecule has 1 heterocycles. The minimum Gasteiger partial charge on any atom is -0.497 e. The van der Waals surface area contributed by atoms with E-state index < -0.39 is 0 Å². The van der Waals surface area contributed by atoms with Gasteiger partial charge in [0.05, 0.1) is 39.3 Å². The van der Waals surface area contributed by atoms with Gasteiger partial charge in [0.25, 0.3) is 11.5 Å². The summed E-state index contributed by atoms with van der Waals surface area (Å²) in [5.74, 6) is 2.20. The van der Waals surface area contributed by atoms with Crippen molar-refractivity contribution in [3.63, 3.8) is 0 Å². The number of ether oxygens (including phenoxy) is 4. The van der Waals surface area contributed by atoms with Crippen molar-refractivity contribution in [2.45, 2.75) is 13.5 Å². The van der Waals surface area contributed by atoms with E-state index in [0.29, 0.717) is 45.3 Å². The molecule has 31 heavy (non-hydrogen) atoms. The summed E-state index contributed by atoms with van der Waals surface area (Å²) < 4.78 is 22.5. The summed E-state index contributed by atoms with van der Waals surface area (Å²) in [6, 6.07) is 8.20. The van der Waals surface area contributed by atoms with Gasteiger partial charge >= 0.3 is 0 Å². The zero-order valence-electron chi connectivity index (χ0n) is 18.1. The van der Waals surface area contributed by atoms with Gasteiger partial charge in [0.1, 0.15) is 17.3 Å². The summed E-state index contributed by atoms with van der Waals surface area (Å²) in [4.78, 5) is 30.1. The summed E-state index contributed by atoms with van der Waals surface area (Å²) in [5.41, 5.74) is 0.693. The van der Waals surface area contributed by atoms with Crippen LogP contribution in [-0.4, -0.2) is 50.4 Å². The quantitative estimate of drug-likeness (QED) is 0.588. The van der Waals surface area contributed by atoms with Gasteiger partial charge in [-0.15, -0.1) is 0 Å². The highest BCUT2D eigenvalue weighted by molar-refractivity contribution is 5.95. The molecule has 0 aliphatic rings. The number of fused-ring (bicyclic) bond motifs is 1. The van der Waals surface area contributed by atoms with Crippen LogP contribution in [0.4, 0.5) is 0 Å². The van der Waals surface area contributed by atoms with E-state index in [2.05, 4.69) is 10.3 Å². The normalized spacial score (nSPS) is 10.6. The Hall–Kier alpha value is -3.75. The van der Waals surface area contributed by atoms with Crippen molar-refractivity contribution in [1.82, 2.24) is 14.9 Å². The molecular formula is C22H25N3O6. The summed E-state index contributed by atoms with van der Waals surface area (Å²) >= 11 is 0. The number of aryl methyl sites for hydroxylation is 1. The lowest BCUT2D eigenvalue weighted by Crippen LogP contribution is -2.32. The molecule has 0 aliphatic heterocycles. The maximum atomic E-state index is 13.0. The molecule has 0 unspecified atom stereocenters. The van der Waals surface area contributed by atoms with E-state index in [-0.39, 0.29) is 24.6 Å². The van der Waals surface area contributed by atoms with E-state index in [1.165, 1.54) is 33.0 Å². The molecule has 1 amide bonds. The van der Waals surface area contributed by atoms with Crippen LogP contribution in [0.15, 0.2) is 35.1 Å². The number of carbonyl (C=O) groups excluding carboxylic acids is 1. The third kappa shape index (κ3) is 4.55. The SMILES string of the molecule is COc1cc(OC)cc(C(=O)NCCn2c(C)nc3cc(OC)c(OC)cc3c2=O)c1. The first-order chi connectivity index (χ1) is 14.9. The first-order valence-corrected chi connectivity index (χ1v) is 9.56. The molecular weight excluding hydrogens is 402 g/mol. The molecule has 2 aromatic carbocycles. The first-order valence-electron chi connectivity index (χ1n) is 9.56. The molecule has 0 fully saturated rings. The molecule has 9 nitrogen and oxygen atoms in total. The summed E-state index contributed by atoms with van der Waals surface area (Å²) in [6.07, 6.45) is 0. The molecule has 3 aromatic rings. The van der Waals surface area contributed by atoms with Crippen molar-refractivity contribution in [1.29, 1.82) is 0 Å². The Labute approximate surface area is 179 Å². The van der Waals surface area contributed by atoms with Crippen LogP contribution in [0, 0.1) is 6.92 Å². The number of hydrogen-bond donors (Lipinski definition) is 1. The van der Waals surface area contributed by atoms with E-state index in [1.807, 2.05) is 0 Å². The fourth-order valence-electron chi connectivity index (χ4n) is 3.24. The minimum absolute atomic E-state index is 0.222. The molecule has 0 aliphatic carbocycles. The van der Waals surface area contributed by atoms with Crippen molar-refractivity contribution in [3.8, 4) is 23.0 Å². The zero-order chi connectivity index (χ0) is 22.5. The highest BCUT2D eigenvalue weighted by atomic mass is 16.5. The molecule has 0 bridgehead atoms. The van der Waals surface area contributed by atoms with Gasteiger partial charge in [-0.3, -0.25) is 14.2 Å². The largest absolute Gasteiger partial charge is 0.497 e. The van der Waals surface area contributed by atoms with Gasteiger partial charge in [-0.1, -0.05) is 0 Å². The Kier molecular flexibility index (Phi) is 6.64. The Balaban J connectivity index is 1.81. The van der Waals surface area contributed by atoms with Gasteiger partial charge in [-0.05, 0) is 25.1 Å². The Morgan fingerprint density at radius 2 is 1.55 bits per heavy atom. The van der Waals surface area contributed by atoms with Crippen LogP contribution < -0.4 is 29.8 Å². The Morgan fingerprint density at radius 1 is 0.935 bits per heavy atom. The third-order valence-electron chi connectivity index (χ3n) is 4.88. The number of carbonyl (C=O) groups is 1. The van der Waals surface area contributed by atoms with Crippen LogP contribution in [0.1, 0.15) is 16.2 Å². The predicted octanol–water partition coefficient (Wildman–Crippen LogP) is 2.17. The highest BCUT2D eigenvalue weighted by Gasteiger charge is 2.14. The number of aromatic nitrogens is 2. The molecule has 9 heteroatoms. The van der Waals surface area contributed by atoms with Crippen LogP contribution in [0.2, 0.25) is 0 Å². The van der Waals surface area contributed by atoms with Gasteiger partial charge < -0.3 is 24.3 Å². The van der Waals surface area contributed by atoms with Crippen LogP contribution in [0.25, 0.3) is 10.9 Å². The molecule has 1 N–H and O–H groups in total. The Morgan fingerprint density at radius 3 is 2.13 bits per heavy atom. The van der Waals surface area contributed by atoms with Crippen molar-refractivity contribution >= 4 is 16.8 Å². The average molecular weight is 427 g/mol. The zero-order valence-corrected chi connectivity index (χ0v) is 18.1. The van der Waals surface area contributed by atoms with Gasteiger partial charge in [0, 0.05) is 30.8 Å². The van der Waals surface area contributed by atoms with Crippen LogP contribution >= 0.6 is 0 Å². The van der Waals surface area contributed by atoms with Crippen molar-refractivity contribution < 1.29 is 23.7 Å². The van der Waals surface area contributed by atoms with Gasteiger partial charge in [0.2, 0.25) is 0 Å². The van der Waals surface area contributed by atoms with Crippen LogP contribution in [0.5, 0.6) is 23.0 Å². The molecule has 164 valence electrons. The second-order valence-corrected chi connectivity index (χ2v) is 6.70. The highest BCUT2D eigenvalue weighted by Crippen LogP contribution is 2.30. The predicted molar refractivity (Wildman–Crippen MR) is 116 cm³/mol. The second kappa shape index (κ2) is 9.38. The van der Waals surface area contributed by atoms with Crippen molar-refractivity contribution in [2.75, 3.05) is 35.0 Å². The lowest BCUT2D eigenvalue weighted by atomic mass is 10.2. The van der Waals surface area contributed by atoms with E-state index in [4.69, 9.17) is 18.9 Å². The molecule has 1 aromatic heterocycles. The fourth-order valence-corrected chi connectivity index (χ4v) is 3.24. The molecule has 0 saturated carbocycles. The summed E-state index contributed by atoms with van der Waals surface area (Å²) in [5, 5.41) is 3.22. The number of hydrogen-bond acceptors (Lipinski definition) is 7. The topological polar surface area (TPSA) is 101 Å². The minimum atomic E-state index is -0.303. The fraction of sp³-hybridized carbons (Fsp3) is 0.318. The number of methoxy groups -OCH3 is 4. The number of rotatable bonds is 8. The average Bonchev–Trinajstić information content (AvgIpc) is 2.79. The van der Waals surface area contributed by atoms with Crippen LogP contribution in [0.3, 0.4) is 0 Å². The first kappa shape index (κ1) is 21.9. The molecule has 0 saturated heterocycles. The maximum Gasteiger partial charge on any atom is 0.261 e. The van der Waals surface area contributed by atoms with Crippen molar-refractivity contribution in [2.24, 2.45) is 0 Å². The maximum absolute atomic E-state index is 13.0. The van der Waals surface area contributed by atoms with Crippen LogP contribution in [-0.2, 0) is 6.54 Å². The van der Waals surface area contributed by atoms with E-state index in [9.17, 15) is 9.59 Å².